The summed E-state index contributed by atoms with van der Waals surface area (Å²) in [6, 6.07) is 0. The van der Waals surface area contributed by atoms with Crippen molar-refractivity contribution in [1.29, 1.82) is 0 Å². The van der Waals surface area contributed by atoms with E-state index in [0.717, 1.165) is 25.7 Å². The largest absolute Gasteiger partial charge is 0.481 e. The van der Waals surface area contributed by atoms with E-state index in [-0.39, 0.29) is 18.9 Å². The summed E-state index contributed by atoms with van der Waals surface area (Å²) in [4.78, 5) is 22.7. The highest BCUT2D eigenvalue weighted by atomic mass is 16.4. The smallest absolute Gasteiger partial charge is 0.309 e. The summed E-state index contributed by atoms with van der Waals surface area (Å²) in [5, 5.41) is 22.0. The van der Waals surface area contributed by atoms with Gasteiger partial charge in [0.25, 0.3) is 0 Å². The predicted molar refractivity (Wildman–Crippen MR) is 71.7 cm³/mol. The van der Waals surface area contributed by atoms with Crippen molar-refractivity contribution in [2.24, 2.45) is 5.41 Å². The lowest BCUT2D eigenvalue weighted by atomic mass is 9.89. The molecule has 0 radical (unpaired) electrons. The molecule has 1 saturated carbocycles. The third-order valence-electron chi connectivity index (χ3n) is 3.83. The van der Waals surface area contributed by atoms with Crippen molar-refractivity contribution in [3.05, 3.63) is 0 Å². The minimum atomic E-state index is -1.07. The molecular weight excluding hydrogens is 246 g/mol. The quantitative estimate of drug-likeness (QED) is 0.664. The summed E-state index contributed by atoms with van der Waals surface area (Å²) in [7, 11) is 0. The molecule has 0 aromatic rings. The zero-order valence-corrected chi connectivity index (χ0v) is 11.9. The van der Waals surface area contributed by atoms with E-state index in [1.165, 1.54) is 13.8 Å². The fourth-order valence-electron chi connectivity index (χ4n) is 2.37. The van der Waals surface area contributed by atoms with Gasteiger partial charge in [-0.05, 0) is 26.7 Å². The minimum absolute atomic E-state index is 0.0710. The van der Waals surface area contributed by atoms with Gasteiger partial charge in [0.2, 0.25) is 5.91 Å². The van der Waals surface area contributed by atoms with Crippen LogP contribution < -0.4 is 5.32 Å². The van der Waals surface area contributed by atoms with Crippen molar-refractivity contribution in [2.45, 2.75) is 64.4 Å². The molecule has 0 spiro atoms. The number of rotatable bonds is 5. The molecule has 1 amide bonds. The molecule has 0 saturated heterocycles. The summed E-state index contributed by atoms with van der Waals surface area (Å²) < 4.78 is 0. The van der Waals surface area contributed by atoms with Crippen LogP contribution in [0, 0.1) is 5.41 Å². The van der Waals surface area contributed by atoms with Crippen LogP contribution in [0.3, 0.4) is 0 Å². The van der Waals surface area contributed by atoms with Gasteiger partial charge in [-0.3, -0.25) is 9.59 Å². The van der Waals surface area contributed by atoms with E-state index in [1.54, 1.807) is 0 Å². The monoisotopic (exact) mass is 271 g/mol. The lowest BCUT2D eigenvalue weighted by molar-refractivity contribution is -0.149. The van der Waals surface area contributed by atoms with Crippen LogP contribution in [-0.4, -0.2) is 34.2 Å². The van der Waals surface area contributed by atoms with E-state index < -0.39 is 17.0 Å². The van der Waals surface area contributed by atoms with Crippen LogP contribution >= 0.6 is 0 Å². The summed E-state index contributed by atoms with van der Waals surface area (Å²) in [6.45, 7) is 3.27. The molecular formula is C14H25NO4. The molecule has 0 unspecified atom stereocenters. The number of nitrogens with one attached hydrogen (secondary N) is 1. The van der Waals surface area contributed by atoms with Gasteiger partial charge in [0.15, 0.2) is 0 Å². The van der Waals surface area contributed by atoms with Gasteiger partial charge >= 0.3 is 5.97 Å². The number of amides is 1. The lowest BCUT2D eigenvalue weighted by Gasteiger charge is -2.27. The number of hydrogen-bond donors (Lipinski definition) is 3. The third-order valence-corrected chi connectivity index (χ3v) is 3.83. The first-order valence-electron chi connectivity index (χ1n) is 6.98. The number of carbonyl (C=O) groups is 2. The number of carboxylic acids is 1. The first kappa shape index (κ1) is 16.0. The van der Waals surface area contributed by atoms with E-state index in [9.17, 15) is 14.7 Å². The highest BCUT2D eigenvalue weighted by Gasteiger charge is 2.32. The van der Waals surface area contributed by atoms with Crippen molar-refractivity contribution in [1.82, 2.24) is 5.32 Å². The van der Waals surface area contributed by atoms with E-state index in [1.807, 2.05) is 0 Å². The normalized spacial score (nSPS) is 19.5. The van der Waals surface area contributed by atoms with Crippen LogP contribution in [0.15, 0.2) is 0 Å². The van der Waals surface area contributed by atoms with Crippen LogP contribution in [0.4, 0.5) is 0 Å². The number of hydrogen-bond acceptors (Lipinski definition) is 3. The Morgan fingerprint density at radius 1 is 1.16 bits per heavy atom. The maximum Gasteiger partial charge on any atom is 0.309 e. The molecule has 1 aliphatic carbocycles. The Balaban J connectivity index is 2.43. The highest BCUT2D eigenvalue weighted by molar-refractivity contribution is 5.84. The fraction of sp³-hybridized carbons (Fsp3) is 0.857. The third kappa shape index (κ3) is 5.19. The average Bonchev–Trinajstić information content (AvgIpc) is 2.51. The highest BCUT2D eigenvalue weighted by Crippen LogP contribution is 2.26. The van der Waals surface area contributed by atoms with Gasteiger partial charge in [-0.15, -0.1) is 0 Å². The van der Waals surface area contributed by atoms with Crippen molar-refractivity contribution in [3.8, 4) is 0 Å². The predicted octanol–water partition coefficient (Wildman–Crippen LogP) is 1.69. The molecule has 0 heterocycles. The lowest BCUT2D eigenvalue weighted by Crippen LogP contribution is -2.44. The second-order valence-corrected chi connectivity index (χ2v) is 6.28. The first-order valence-corrected chi connectivity index (χ1v) is 6.98. The molecule has 5 nitrogen and oxygen atoms in total. The SMILES string of the molecule is CC(C)(CC(=O)NCC1(O)CCCCCC1)C(=O)O. The summed E-state index contributed by atoms with van der Waals surface area (Å²) in [6.07, 6.45) is 5.55. The van der Waals surface area contributed by atoms with Gasteiger partial charge in [0.1, 0.15) is 0 Å². The first-order chi connectivity index (χ1) is 8.75. The Labute approximate surface area is 114 Å². The molecule has 19 heavy (non-hydrogen) atoms. The molecule has 0 aromatic heterocycles. The molecule has 110 valence electrons. The molecule has 1 aliphatic rings. The van der Waals surface area contributed by atoms with Crippen LogP contribution in [0.1, 0.15) is 58.8 Å². The second kappa shape index (κ2) is 6.37. The van der Waals surface area contributed by atoms with Crippen molar-refractivity contribution < 1.29 is 19.8 Å². The Bertz CT molecular complexity index is 330. The van der Waals surface area contributed by atoms with Gasteiger partial charge in [0, 0.05) is 13.0 Å². The molecule has 0 atom stereocenters. The van der Waals surface area contributed by atoms with Crippen molar-refractivity contribution in [2.75, 3.05) is 6.54 Å². The van der Waals surface area contributed by atoms with Crippen molar-refractivity contribution in [3.63, 3.8) is 0 Å². The van der Waals surface area contributed by atoms with Gasteiger partial charge in [0.05, 0.1) is 11.0 Å². The number of carbonyl (C=O) groups excluding carboxylic acids is 1. The maximum atomic E-state index is 11.7. The molecule has 0 aliphatic heterocycles. The van der Waals surface area contributed by atoms with Crippen molar-refractivity contribution >= 4 is 11.9 Å². The van der Waals surface area contributed by atoms with Gasteiger partial charge in [-0.1, -0.05) is 25.7 Å². The summed E-state index contributed by atoms with van der Waals surface area (Å²) in [5.41, 5.74) is -1.89. The summed E-state index contributed by atoms with van der Waals surface area (Å²) >= 11 is 0. The minimum Gasteiger partial charge on any atom is -0.481 e. The Morgan fingerprint density at radius 3 is 2.16 bits per heavy atom. The Morgan fingerprint density at radius 2 is 1.68 bits per heavy atom. The van der Waals surface area contributed by atoms with Gasteiger partial charge < -0.3 is 15.5 Å². The Kier molecular flexibility index (Phi) is 5.35. The van der Waals surface area contributed by atoms with Gasteiger partial charge in [-0.2, -0.15) is 0 Å². The molecule has 1 fully saturated rings. The van der Waals surface area contributed by atoms with Crippen LogP contribution in [0.2, 0.25) is 0 Å². The fourth-order valence-corrected chi connectivity index (χ4v) is 2.37. The molecule has 0 bridgehead atoms. The Hall–Kier alpha value is -1.10. The van der Waals surface area contributed by atoms with E-state index in [2.05, 4.69) is 5.32 Å². The van der Waals surface area contributed by atoms with E-state index >= 15 is 0 Å². The zero-order valence-electron chi connectivity index (χ0n) is 11.9. The van der Waals surface area contributed by atoms with Gasteiger partial charge in [-0.25, -0.2) is 0 Å². The van der Waals surface area contributed by atoms with E-state index in [4.69, 9.17) is 5.11 Å². The van der Waals surface area contributed by atoms with E-state index in [0.29, 0.717) is 12.8 Å². The number of aliphatic hydroxyl groups is 1. The maximum absolute atomic E-state index is 11.7. The van der Waals surface area contributed by atoms with Crippen LogP contribution in [0.5, 0.6) is 0 Å². The average molecular weight is 271 g/mol. The summed E-state index contributed by atoms with van der Waals surface area (Å²) in [5.74, 6) is -1.30. The molecule has 0 aromatic carbocycles. The number of carboxylic acid groups (broad SMARTS) is 1. The molecule has 5 heteroatoms. The molecule has 1 rings (SSSR count). The van der Waals surface area contributed by atoms with Crippen LogP contribution in [-0.2, 0) is 9.59 Å². The zero-order chi connectivity index (χ0) is 14.5. The molecule has 3 N–H and O–H groups in total. The number of aliphatic carboxylic acids is 1. The second-order valence-electron chi connectivity index (χ2n) is 6.28. The topological polar surface area (TPSA) is 86.6 Å². The van der Waals surface area contributed by atoms with Crippen LogP contribution in [0.25, 0.3) is 0 Å². The standard InChI is InChI=1S/C14H25NO4/c1-13(2,12(17)18)9-11(16)15-10-14(19)7-5-3-4-6-8-14/h19H,3-10H2,1-2H3,(H,15,16)(H,17,18).